The quantitative estimate of drug-likeness (QED) is 0.857. The summed E-state index contributed by atoms with van der Waals surface area (Å²) in [6.07, 6.45) is 0. The lowest BCUT2D eigenvalue weighted by molar-refractivity contribution is 0.00693. The van der Waals surface area contributed by atoms with Gasteiger partial charge in [-0.15, -0.1) is 0 Å². The molecule has 6 nitrogen and oxygen atoms in total. The number of carboxylic acids is 1. The normalized spacial score (nSPS) is 11.1. The number of pyridine rings is 1. The molecule has 0 saturated heterocycles. The van der Waals surface area contributed by atoms with Gasteiger partial charge in [-0.2, -0.15) is 0 Å². The second kappa shape index (κ2) is 6.93. The summed E-state index contributed by atoms with van der Waals surface area (Å²) in [5.74, 6) is -0.872. The molecule has 0 saturated carbocycles. The van der Waals surface area contributed by atoms with Crippen molar-refractivity contribution in [3.8, 4) is 11.3 Å². The summed E-state index contributed by atoms with van der Waals surface area (Å²) < 4.78 is 5.33. The molecular weight excluding hydrogens is 320 g/mol. The zero-order chi connectivity index (χ0) is 18.8. The number of carboxylic acid groups (broad SMARTS) is 1. The van der Waals surface area contributed by atoms with E-state index in [0.29, 0.717) is 17.1 Å². The maximum absolute atomic E-state index is 12.1. The molecule has 1 aromatic heterocycles. The number of hydrogen-bond donors (Lipinski definition) is 1. The first-order valence-electron chi connectivity index (χ1n) is 7.83. The second-order valence-corrected chi connectivity index (χ2v) is 6.88. The average Bonchev–Trinajstić information content (AvgIpc) is 2.53. The molecule has 0 aliphatic rings. The summed E-state index contributed by atoms with van der Waals surface area (Å²) in [5.41, 5.74) is 1.27. The molecule has 0 atom stereocenters. The number of hydrogen-bond acceptors (Lipinski definition) is 5. The van der Waals surface area contributed by atoms with Crippen LogP contribution in [0.15, 0.2) is 36.4 Å². The summed E-state index contributed by atoms with van der Waals surface area (Å²) in [4.78, 5) is 29.6. The Bertz CT molecular complexity index is 790. The van der Waals surface area contributed by atoms with Crippen molar-refractivity contribution in [1.82, 2.24) is 4.98 Å². The average molecular weight is 342 g/mol. The summed E-state index contributed by atoms with van der Waals surface area (Å²) in [7, 11) is 3.59. The first-order chi connectivity index (χ1) is 11.6. The Morgan fingerprint density at radius 3 is 2.12 bits per heavy atom. The van der Waals surface area contributed by atoms with Crippen molar-refractivity contribution in [3.05, 3.63) is 47.5 Å². The van der Waals surface area contributed by atoms with Crippen molar-refractivity contribution < 1.29 is 19.4 Å². The lowest BCUT2D eigenvalue weighted by atomic mass is 10.1. The van der Waals surface area contributed by atoms with E-state index in [2.05, 4.69) is 4.98 Å². The van der Waals surface area contributed by atoms with Crippen LogP contribution in [0.4, 0.5) is 5.82 Å². The molecule has 132 valence electrons. The van der Waals surface area contributed by atoms with E-state index in [1.807, 2.05) is 20.8 Å². The van der Waals surface area contributed by atoms with Gasteiger partial charge in [0.2, 0.25) is 0 Å². The molecule has 0 aliphatic carbocycles. The molecule has 25 heavy (non-hydrogen) atoms. The fraction of sp³-hybridized carbons (Fsp3) is 0.316. The third-order valence-corrected chi connectivity index (χ3v) is 3.33. The molecule has 0 radical (unpaired) electrons. The molecule has 2 aromatic rings. The van der Waals surface area contributed by atoms with Crippen LogP contribution in [-0.2, 0) is 4.74 Å². The van der Waals surface area contributed by atoms with Crippen LogP contribution in [0.1, 0.15) is 41.5 Å². The zero-order valence-electron chi connectivity index (χ0n) is 15.0. The van der Waals surface area contributed by atoms with E-state index < -0.39 is 17.5 Å². The van der Waals surface area contributed by atoms with Gasteiger partial charge in [0.1, 0.15) is 11.4 Å². The number of esters is 1. The Morgan fingerprint density at radius 2 is 1.64 bits per heavy atom. The van der Waals surface area contributed by atoms with Gasteiger partial charge in [-0.1, -0.05) is 12.1 Å². The molecule has 0 fully saturated rings. The van der Waals surface area contributed by atoms with E-state index in [-0.39, 0.29) is 5.56 Å². The van der Waals surface area contributed by atoms with E-state index in [4.69, 9.17) is 4.74 Å². The molecule has 0 spiro atoms. The molecule has 0 bridgehead atoms. The number of rotatable bonds is 4. The smallest absolute Gasteiger partial charge is 0.338 e. The highest BCUT2D eigenvalue weighted by molar-refractivity contribution is 5.91. The van der Waals surface area contributed by atoms with Crippen LogP contribution in [-0.4, -0.2) is 41.7 Å². The molecule has 2 rings (SSSR count). The van der Waals surface area contributed by atoms with E-state index >= 15 is 0 Å². The lowest BCUT2D eigenvalue weighted by Crippen LogP contribution is -2.23. The van der Waals surface area contributed by atoms with Crippen molar-refractivity contribution in [2.45, 2.75) is 26.4 Å². The van der Waals surface area contributed by atoms with Crippen LogP contribution >= 0.6 is 0 Å². The second-order valence-electron chi connectivity index (χ2n) is 6.88. The highest BCUT2D eigenvalue weighted by Gasteiger charge is 2.18. The molecule has 0 unspecified atom stereocenters. The van der Waals surface area contributed by atoms with Crippen molar-refractivity contribution in [3.63, 3.8) is 0 Å². The minimum Gasteiger partial charge on any atom is -0.478 e. The van der Waals surface area contributed by atoms with Crippen LogP contribution < -0.4 is 4.90 Å². The van der Waals surface area contributed by atoms with Crippen molar-refractivity contribution in [1.29, 1.82) is 0 Å². The van der Waals surface area contributed by atoms with Gasteiger partial charge in [0.15, 0.2) is 0 Å². The van der Waals surface area contributed by atoms with Gasteiger partial charge in [-0.3, -0.25) is 0 Å². The Kier molecular flexibility index (Phi) is 5.11. The van der Waals surface area contributed by atoms with Crippen LogP contribution in [0.25, 0.3) is 11.3 Å². The molecule has 1 aromatic carbocycles. The number of aromatic carboxylic acids is 1. The monoisotopic (exact) mass is 342 g/mol. The highest BCUT2D eigenvalue weighted by atomic mass is 16.6. The number of anilines is 1. The third kappa shape index (κ3) is 4.79. The zero-order valence-corrected chi connectivity index (χ0v) is 15.0. The highest BCUT2D eigenvalue weighted by Crippen LogP contribution is 2.23. The van der Waals surface area contributed by atoms with E-state index in [0.717, 1.165) is 5.56 Å². The molecule has 1 heterocycles. The molecule has 0 amide bonds. The van der Waals surface area contributed by atoms with Crippen molar-refractivity contribution in [2.24, 2.45) is 0 Å². The summed E-state index contributed by atoms with van der Waals surface area (Å²) in [6.45, 7) is 5.43. The van der Waals surface area contributed by atoms with Crippen LogP contribution in [0, 0.1) is 0 Å². The maximum Gasteiger partial charge on any atom is 0.338 e. The van der Waals surface area contributed by atoms with Crippen LogP contribution in [0.2, 0.25) is 0 Å². The first kappa shape index (κ1) is 18.4. The molecule has 6 heteroatoms. The van der Waals surface area contributed by atoms with E-state index in [9.17, 15) is 14.7 Å². The predicted molar refractivity (Wildman–Crippen MR) is 96.1 cm³/mol. The predicted octanol–water partition coefficient (Wildman–Crippen LogP) is 3.47. The Labute approximate surface area is 147 Å². The fourth-order valence-corrected chi connectivity index (χ4v) is 2.13. The summed E-state index contributed by atoms with van der Waals surface area (Å²) in [5, 5.41) is 9.28. The lowest BCUT2D eigenvalue weighted by Gasteiger charge is -2.19. The number of carbonyl (C=O) groups excluding carboxylic acids is 1. The maximum atomic E-state index is 12.1. The van der Waals surface area contributed by atoms with Crippen LogP contribution in [0.3, 0.4) is 0 Å². The number of nitrogens with zero attached hydrogens (tertiary/aromatic N) is 2. The SMILES string of the molecule is CN(C)c1cc(C(=O)O)cc(-c2ccc(C(=O)OC(C)(C)C)cc2)n1. The Hall–Kier alpha value is -2.89. The van der Waals surface area contributed by atoms with Gasteiger partial charge >= 0.3 is 11.9 Å². The standard InChI is InChI=1S/C19H22N2O4/c1-19(2,3)25-18(24)13-8-6-12(7-9-13)15-10-14(17(22)23)11-16(20-15)21(4)5/h6-11H,1-5H3,(H,22,23). The Balaban J connectivity index is 2.36. The first-order valence-corrected chi connectivity index (χ1v) is 7.83. The van der Waals surface area contributed by atoms with Crippen molar-refractivity contribution in [2.75, 3.05) is 19.0 Å². The summed E-state index contributed by atoms with van der Waals surface area (Å²) >= 11 is 0. The molecule has 1 N–H and O–H groups in total. The van der Waals surface area contributed by atoms with Crippen molar-refractivity contribution >= 4 is 17.8 Å². The minimum atomic E-state index is -1.02. The largest absolute Gasteiger partial charge is 0.478 e. The van der Waals surface area contributed by atoms with E-state index in [1.165, 1.54) is 12.1 Å². The molecule has 0 aliphatic heterocycles. The topological polar surface area (TPSA) is 79.7 Å². The van der Waals surface area contributed by atoms with Gasteiger partial charge in [0.25, 0.3) is 0 Å². The Morgan fingerprint density at radius 1 is 1.04 bits per heavy atom. The number of benzene rings is 1. The van der Waals surface area contributed by atoms with Gasteiger partial charge in [-0.05, 0) is 45.0 Å². The third-order valence-electron chi connectivity index (χ3n) is 3.33. The van der Waals surface area contributed by atoms with Gasteiger partial charge in [0.05, 0.1) is 16.8 Å². The number of aromatic nitrogens is 1. The summed E-state index contributed by atoms with van der Waals surface area (Å²) in [6, 6.07) is 9.78. The molecular formula is C19H22N2O4. The van der Waals surface area contributed by atoms with E-state index in [1.54, 1.807) is 43.3 Å². The van der Waals surface area contributed by atoms with Gasteiger partial charge < -0.3 is 14.7 Å². The minimum absolute atomic E-state index is 0.157. The van der Waals surface area contributed by atoms with Crippen LogP contribution in [0.5, 0.6) is 0 Å². The number of carbonyl (C=O) groups is 2. The number of ether oxygens (including phenoxy) is 1. The fourth-order valence-electron chi connectivity index (χ4n) is 2.13. The van der Waals surface area contributed by atoms with Gasteiger partial charge in [0, 0.05) is 19.7 Å². The van der Waals surface area contributed by atoms with Gasteiger partial charge in [-0.25, -0.2) is 14.6 Å².